The number of nitriles is 1. The average Bonchev–Trinajstić information content (AvgIpc) is 2.87. The van der Waals surface area contributed by atoms with E-state index in [1.165, 1.54) is 32.4 Å². The molecule has 3 aromatic carbocycles. The Morgan fingerprint density at radius 1 is 0.944 bits per heavy atom. The molecule has 10 heteroatoms. The number of fused-ring (bicyclic) bond motifs is 1. The maximum absolute atomic E-state index is 12.8. The van der Waals surface area contributed by atoms with Crippen molar-refractivity contribution < 1.29 is 28.5 Å². The van der Waals surface area contributed by atoms with Gasteiger partial charge in [-0.1, -0.05) is 29.3 Å². The van der Waals surface area contributed by atoms with Crippen molar-refractivity contribution in [2.75, 3.05) is 21.3 Å². The number of methoxy groups -OCH3 is 3. The van der Waals surface area contributed by atoms with E-state index in [9.17, 15) is 10.1 Å². The van der Waals surface area contributed by atoms with Crippen molar-refractivity contribution in [1.29, 1.82) is 5.26 Å². The summed E-state index contributed by atoms with van der Waals surface area (Å²) in [6.45, 7) is 0. The highest BCUT2D eigenvalue weighted by atomic mass is 35.5. The van der Waals surface area contributed by atoms with Gasteiger partial charge in [-0.15, -0.1) is 0 Å². The zero-order valence-electron chi connectivity index (χ0n) is 19.4. The zero-order valence-corrected chi connectivity index (χ0v) is 20.9. The molecule has 0 bridgehead atoms. The lowest BCUT2D eigenvalue weighted by molar-refractivity contribution is 0.0734. The van der Waals surface area contributed by atoms with Gasteiger partial charge in [0.2, 0.25) is 5.88 Å². The Hall–Kier alpha value is -4.06. The number of halogens is 2. The molecule has 1 unspecified atom stereocenters. The van der Waals surface area contributed by atoms with Crippen molar-refractivity contribution in [2.24, 2.45) is 5.73 Å². The van der Waals surface area contributed by atoms with Crippen molar-refractivity contribution >= 4 is 29.2 Å². The fourth-order valence-electron chi connectivity index (χ4n) is 3.92. The average molecular weight is 527 g/mol. The molecule has 184 valence electrons. The molecule has 1 aliphatic rings. The van der Waals surface area contributed by atoms with Crippen LogP contribution in [-0.4, -0.2) is 27.3 Å². The Kier molecular flexibility index (Phi) is 7.15. The lowest BCUT2D eigenvalue weighted by Gasteiger charge is -2.28. The van der Waals surface area contributed by atoms with Gasteiger partial charge in [0.25, 0.3) is 0 Å². The van der Waals surface area contributed by atoms with Gasteiger partial charge in [0, 0.05) is 17.2 Å². The molecule has 4 rings (SSSR count). The molecule has 3 aromatic rings. The van der Waals surface area contributed by atoms with Crippen molar-refractivity contribution in [3.63, 3.8) is 0 Å². The number of carbonyl (C=O) groups excluding carboxylic acids is 1. The predicted octanol–water partition coefficient (Wildman–Crippen LogP) is 5.46. The minimum Gasteiger partial charge on any atom is -0.497 e. The van der Waals surface area contributed by atoms with Gasteiger partial charge in [-0.2, -0.15) is 5.26 Å². The van der Waals surface area contributed by atoms with E-state index >= 15 is 0 Å². The standard InChI is InChI=1S/C26H20Cl2N2O6/c1-32-14-5-7-21(33-2)17(10-14)23-16-6-4-15(11-22(16)36-25(30)18(23)12-29)35-26(31)13-8-19(27)24(34-3)20(28)9-13/h4-11,23H,30H2,1-3H3. The topological polar surface area (TPSA) is 113 Å². The summed E-state index contributed by atoms with van der Waals surface area (Å²) in [7, 11) is 4.50. The third kappa shape index (κ3) is 4.59. The monoisotopic (exact) mass is 526 g/mol. The molecule has 1 atom stereocenters. The van der Waals surface area contributed by atoms with Crippen LogP contribution in [0.15, 0.2) is 60.0 Å². The number of carbonyl (C=O) groups is 1. The number of hydrogen-bond donors (Lipinski definition) is 1. The molecule has 0 aliphatic carbocycles. The Bertz CT molecular complexity index is 1410. The fraction of sp³-hybridized carbons (Fsp3) is 0.154. The number of esters is 1. The van der Waals surface area contributed by atoms with Crippen molar-refractivity contribution in [3.05, 3.63) is 86.7 Å². The number of ether oxygens (including phenoxy) is 5. The zero-order chi connectivity index (χ0) is 26.0. The van der Waals surface area contributed by atoms with Gasteiger partial charge < -0.3 is 29.4 Å². The molecule has 2 N–H and O–H groups in total. The maximum atomic E-state index is 12.8. The molecule has 0 spiro atoms. The number of allylic oxidation sites excluding steroid dienone is 1. The number of rotatable bonds is 6. The molecule has 0 radical (unpaired) electrons. The highest BCUT2D eigenvalue weighted by Crippen LogP contribution is 2.46. The van der Waals surface area contributed by atoms with Crippen molar-refractivity contribution in [2.45, 2.75) is 5.92 Å². The number of nitrogens with zero attached hydrogens (tertiary/aromatic N) is 1. The summed E-state index contributed by atoms with van der Waals surface area (Å²) in [4.78, 5) is 12.8. The smallest absolute Gasteiger partial charge is 0.343 e. The lowest BCUT2D eigenvalue weighted by Crippen LogP contribution is -2.21. The first-order valence-corrected chi connectivity index (χ1v) is 11.3. The summed E-state index contributed by atoms with van der Waals surface area (Å²) in [6, 6.07) is 15.0. The van der Waals surface area contributed by atoms with E-state index < -0.39 is 11.9 Å². The van der Waals surface area contributed by atoms with Gasteiger partial charge >= 0.3 is 5.97 Å². The van der Waals surface area contributed by atoms with Crippen LogP contribution in [0.1, 0.15) is 27.4 Å². The second kappa shape index (κ2) is 10.3. The highest BCUT2D eigenvalue weighted by molar-refractivity contribution is 6.37. The van der Waals surface area contributed by atoms with E-state index in [2.05, 4.69) is 6.07 Å². The molecule has 0 fully saturated rings. The van der Waals surface area contributed by atoms with Crippen LogP contribution in [0.5, 0.6) is 28.7 Å². The summed E-state index contributed by atoms with van der Waals surface area (Å²) in [5, 5.41) is 10.2. The van der Waals surface area contributed by atoms with Crippen LogP contribution in [-0.2, 0) is 0 Å². The SMILES string of the molecule is COc1ccc(OC)c(C2C(C#N)=C(N)Oc3cc(OC(=O)c4cc(Cl)c(OC)c(Cl)c4)ccc32)c1. The summed E-state index contributed by atoms with van der Waals surface area (Å²) in [6.07, 6.45) is 0. The lowest BCUT2D eigenvalue weighted by atomic mass is 9.83. The first kappa shape index (κ1) is 25.0. The number of benzene rings is 3. The molecule has 36 heavy (non-hydrogen) atoms. The number of hydrogen-bond acceptors (Lipinski definition) is 8. The third-order valence-electron chi connectivity index (χ3n) is 5.59. The van der Waals surface area contributed by atoms with Gasteiger partial charge in [0.1, 0.15) is 34.6 Å². The Balaban J connectivity index is 1.72. The summed E-state index contributed by atoms with van der Waals surface area (Å²) in [5.41, 5.74) is 7.74. The first-order chi connectivity index (χ1) is 17.3. The van der Waals surface area contributed by atoms with E-state index in [1.807, 2.05) is 0 Å². The van der Waals surface area contributed by atoms with Crippen LogP contribution < -0.4 is 29.4 Å². The second-order valence-electron chi connectivity index (χ2n) is 7.59. The van der Waals surface area contributed by atoms with E-state index in [-0.39, 0.29) is 38.6 Å². The highest BCUT2D eigenvalue weighted by Gasteiger charge is 2.33. The van der Waals surface area contributed by atoms with Gasteiger partial charge in [-0.25, -0.2) is 4.79 Å². The first-order valence-electron chi connectivity index (χ1n) is 10.5. The van der Waals surface area contributed by atoms with E-state index in [1.54, 1.807) is 37.4 Å². The summed E-state index contributed by atoms with van der Waals surface area (Å²) in [5.74, 6) is 0.514. The fourth-order valence-corrected chi connectivity index (χ4v) is 4.56. The van der Waals surface area contributed by atoms with Gasteiger partial charge in [0.15, 0.2) is 5.75 Å². The van der Waals surface area contributed by atoms with Crippen LogP contribution >= 0.6 is 23.2 Å². The molecular weight excluding hydrogens is 507 g/mol. The van der Waals surface area contributed by atoms with E-state index in [4.69, 9.17) is 52.6 Å². The van der Waals surface area contributed by atoms with Gasteiger partial charge in [-0.05, 0) is 36.4 Å². The van der Waals surface area contributed by atoms with Crippen LogP contribution in [0.3, 0.4) is 0 Å². The normalized spacial score (nSPS) is 14.3. The molecular formula is C26H20Cl2N2O6. The van der Waals surface area contributed by atoms with E-state index in [0.717, 1.165) is 0 Å². The molecule has 0 aromatic heterocycles. The van der Waals surface area contributed by atoms with Crippen LogP contribution in [0.4, 0.5) is 0 Å². The largest absolute Gasteiger partial charge is 0.497 e. The minimum absolute atomic E-state index is 0.0722. The van der Waals surface area contributed by atoms with Crippen LogP contribution in [0.25, 0.3) is 0 Å². The van der Waals surface area contributed by atoms with E-state index in [0.29, 0.717) is 28.4 Å². The predicted molar refractivity (Wildman–Crippen MR) is 133 cm³/mol. The molecule has 8 nitrogen and oxygen atoms in total. The molecule has 0 amide bonds. The van der Waals surface area contributed by atoms with Gasteiger partial charge in [0.05, 0.1) is 42.9 Å². The Morgan fingerprint density at radius 3 is 2.25 bits per heavy atom. The summed E-state index contributed by atoms with van der Waals surface area (Å²) >= 11 is 12.3. The van der Waals surface area contributed by atoms with Crippen LogP contribution in [0.2, 0.25) is 10.0 Å². The summed E-state index contributed by atoms with van der Waals surface area (Å²) < 4.78 is 27.2. The molecule has 0 saturated heterocycles. The molecule has 0 saturated carbocycles. The Labute approximate surface area is 217 Å². The van der Waals surface area contributed by atoms with Crippen LogP contribution in [0, 0.1) is 11.3 Å². The maximum Gasteiger partial charge on any atom is 0.343 e. The quantitative estimate of drug-likeness (QED) is 0.332. The van der Waals surface area contributed by atoms with Gasteiger partial charge in [-0.3, -0.25) is 0 Å². The second-order valence-corrected chi connectivity index (χ2v) is 8.41. The van der Waals surface area contributed by atoms with Crippen molar-refractivity contribution in [3.8, 4) is 34.8 Å². The number of nitrogens with two attached hydrogens (primary N) is 1. The molecule has 1 heterocycles. The minimum atomic E-state index is -0.690. The Morgan fingerprint density at radius 2 is 1.64 bits per heavy atom. The molecule has 1 aliphatic heterocycles. The van der Waals surface area contributed by atoms with Crippen molar-refractivity contribution in [1.82, 2.24) is 0 Å². The third-order valence-corrected chi connectivity index (χ3v) is 6.15.